The summed E-state index contributed by atoms with van der Waals surface area (Å²) in [5, 5.41) is 13.1. The highest BCUT2D eigenvalue weighted by atomic mass is 16.3. The molecule has 3 nitrogen and oxygen atoms in total. The first-order chi connectivity index (χ1) is 9.20. The fourth-order valence-corrected chi connectivity index (χ4v) is 2.83. The van der Waals surface area contributed by atoms with Gasteiger partial charge in [-0.15, -0.1) is 0 Å². The average Bonchev–Trinajstić information content (AvgIpc) is 3.29. The Morgan fingerprint density at radius 2 is 2.00 bits per heavy atom. The molecule has 0 spiro atoms. The van der Waals surface area contributed by atoms with Gasteiger partial charge in [0.25, 0.3) is 0 Å². The van der Waals surface area contributed by atoms with E-state index >= 15 is 0 Å². The van der Waals surface area contributed by atoms with Crippen LogP contribution in [0.1, 0.15) is 18.4 Å². The van der Waals surface area contributed by atoms with E-state index in [1.165, 1.54) is 18.4 Å². The van der Waals surface area contributed by atoms with Crippen molar-refractivity contribution in [1.82, 2.24) is 10.2 Å². The number of nitrogens with zero attached hydrogens (tertiary/aromatic N) is 1. The summed E-state index contributed by atoms with van der Waals surface area (Å²) in [6, 6.07) is 10.6. The molecule has 0 radical (unpaired) electrons. The summed E-state index contributed by atoms with van der Waals surface area (Å²) < 4.78 is 0. The largest absolute Gasteiger partial charge is 0.394 e. The topological polar surface area (TPSA) is 35.5 Å². The average molecular weight is 262 g/mol. The van der Waals surface area contributed by atoms with Gasteiger partial charge >= 0.3 is 0 Å². The third kappa shape index (κ3) is 3.78. The van der Waals surface area contributed by atoms with Crippen LogP contribution < -0.4 is 5.32 Å². The molecule has 1 saturated carbocycles. The molecule has 2 rings (SSSR count). The Labute approximate surface area is 116 Å². The summed E-state index contributed by atoms with van der Waals surface area (Å²) in [6.07, 6.45) is 3.55. The standard InChI is InChI=1S/C16H26N2O/c1-17-16(13-19,15-8-9-15)12-18(2)11-10-14-6-4-3-5-7-14/h3-7,15,17,19H,8-13H2,1-2H3. The molecule has 2 N–H and O–H groups in total. The number of nitrogens with one attached hydrogen (secondary N) is 1. The van der Waals surface area contributed by atoms with Crippen molar-refractivity contribution in [2.45, 2.75) is 24.8 Å². The van der Waals surface area contributed by atoms with Crippen molar-refractivity contribution in [3.05, 3.63) is 35.9 Å². The second kappa shape index (κ2) is 6.51. The molecule has 0 saturated heterocycles. The van der Waals surface area contributed by atoms with E-state index in [1.54, 1.807) is 0 Å². The Kier molecular flexibility index (Phi) is 4.97. The van der Waals surface area contributed by atoms with Crippen molar-refractivity contribution < 1.29 is 5.11 Å². The van der Waals surface area contributed by atoms with Gasteiger partial charge in [-0.25, -0.2) is 0 Å². The summed E-state index contributed by atoms with van der Waals surface area (Å²) in [6.45, 7) is 2.17. The van der Waals surface area contributed by atoms with Gasteiger partial charge in [0.05, 0.1) is 12.1 Å². The maximum atomic E-state index is 9.73. The molecule has 0 bridgehead atoms. The molecule has 1 aliphatic rings. The molecular weight excluding hydrogens is 236 g/mol. The Morgan fingerprint density at radius 1 is 1.32 bits per heavy atom. The highest BCUT2D eigenvalue weighted by Gasteiger charge is 2.44. The molecule has 3 heteroatoms. The van der Waals surface area contributed by atoms with Gasteiger partial charge in [-0.05, 0) is 44.8 Å². The van der Waals surface area contributed by atoms with Crippen LogP contribution in [0.3, 0.4) is 0 Å². The predicted molar refractivity (Wildman–Crippen MR) is 79.2 cm³/mol. The number of aliphatic hydroxyl groups is 1. The molecule has 106 valence electrons. The first-order valence-electron chi connectivity index (χ1n) is 7.22. The van der Waals surface area contributed by atoms with Crippen molar-refractivity contribution in [3.8, 4) is 0 Å². The normalized spacial score (nSPS) is 18.5. The van der Waals surface area contributed by atoms with Gasteiger partial charge in [0.2, 0.25) is 0 Å². The van der Waals surface area contributed by atoms with Gasteiger partial charge in [-0.3, -0.25) is 0 Å². The first-order valence-corrected chi connectivity index (χ1v) is 7.22. The van der Waals surface area contributed by atoms with E-state index in [0.29, 0.717) is 5.92 Å². The summed E-state index contributed by atoms with van der Waals surface area (Å²) in [5.41, 5.74) is 1.27. The Bertz CT molecular complexity index is 372. The minimum absolute atomic E-state index is 0.106. The van der Waals surface area contributed by atoms with E-state index in [4.69, 9.17) is 0 Å². The lowest BCUT2D eigenvalue weighted by Crippen LogP contribution is -2.56. The van der Waals surface area contributed by atoms with E-state index in [0.717, 1.165) is 19.5 Å². The molecule has 1 atom stereocenters. The molecule has 1 unspecified atom stereocenters. The predicted octanol–water partition coefficient (Wildman–Crippen LogP) is 1.52. The lowest BCUT2D eigenvalue weighted by Gasteiger charge is -2.36. The van der Waals surface area contributed by atoms with Crippen molar-refractivity contribution in [2.75, 3.05) is 33.8 Å². The third-order valence-corrected chi connectivity index (χ3v) is 4.32. The lowest BCUT2D eigenvalue weighted by atomic mass is 9.93. The molecule has 0 heterocycles. The quantitative estimate of drug-likeness (QED) is 0.745. The number of aliphatic hydroxyl groups excluding tert-OH is 1. The van der Waals surface area contributed by atoms with Crippen molar-refractivity contribution >= 4 is 0 Å². The maximum absolute atomic E-state index is 9.73. The van der Waals surface area contributed by atoms with Gasteiger partial charge in [0.1, 0.15) is 0 Å². The van der Waals surface area contributed by atoms with E-state index < -0.39 is 0 Å². The van der Waals surface area contributed by atoms with Crippen LogP contribution in [-0.2, 0) is 6.42 Å². The van der Waals surface area contributed by atoms with Crippen LogP contribution in [0.15, 0.2) is 30.3 Å². The van der Waals surface area contributed by atoms with Crippen LogP contribution in [0.2, 0.25) is 0 Å². The van der Waals surface area contributed by atoms with Crippen LogP contribution in [0.5, 0.6) is 0 Å². The minimum atomic E-state index is -0.106. The van der Waals surface area contributed by atoms with Crippen LogP contribution in [0, 0.1) is 5.92 Å². The van der Waals surface area contributed by atoms with Crippen LogP contribution in [0.25, 0.3) is 0 Å². The second-order valence-corrected chi connectivity index (χ2v) is 5.81. The van der Waals surface area contributed by atoms with Crippen molar-refractivity contribution in [1.29, 1.82) is 0 Å². The van der Waals surface area contributed by atoms with Gasteiger partial charge in [0, 0.05) is 13.1 Å². The Hall–Kier alpha value is -0.900. The maximum Gasteiger partial charge on any atom is 0.0628 e. The molecule has 0 aliphatic heterocycles. The zero-order chi connectivity index (χ0) is 13.7. The molecule has 19 heavy (non-hydrogen) atoms. The Morgan fingerprint density at radius 3 is 2.53 bits per heavy atom. The molecule has 1 aromatic carbocycles. The highest BCUT2D eigenvalue weighted by molar-refractivity contribution is 5.15. The smallest absolute Gasteiger partial charge is 0.0628 e. The molecule has 0 amide bonds. The second-order valence-electron chi connectivity index (χ2n) is 5.81. The van der Waals surface area contributed by atoms with Gasteiger partial charge in [-0.1, -0.05) is 30.3 Å². The summed E-state index contributed by atoms with van der Waals surface area (Å²) in [5.74, 6) is 0.640. The fourth-order valence-electron chi connectivity index (χ4n) is 2.83. The van der Waals surface area contributed by atoms with Crippen molar-refractivity contribution in [2.24, 2.45) is 5.92 Å². The van der Waals surface area contributed by atoms with E-state index in [2.05, 4.69) is 47.6 Å². The van der Waals surface area contributed by atoms with Crippen LogP contribution in [0.4, 0.5) is 0 Å². The van der Waals surface area contributed by atoms with Crippen molar-refractivity contribution in [3.63, 3.8) is 0 Å². The number of hydrogen-bond donors (Lipinski definition) is 2. The number of likely N-dealkylation sites (N-methyl/N-ethyl adjacent to an activating group) is 2. The molecule has 0 aromatic heterocycles. The van der Waals surface area contributed by atoms with E-state index in [1.807, 2.05) is 7.05 Å². The zero-order valence-electron chi connectivity index (χ0n) is 12.1. The lowest BCUT2D eigenvalue weighted by molar-refractivity contribution is 0.108. The number of hydrogen-bond acceptors (Lipinski definition) is 3. The number of benzene rings is 1. The van der Waals surface area contributed by atoms with E-state index in [-0.39, 0.29) is 12.1 Å². The molecule has 1 aliphatic carbocycles. The fraction of sp³-hybridized carbons (Fsp3) is 0.625. The molecule has 1 aromatic rings. The number of rotatable bonds is 8. The highest BCUT2D eigenvalue weighted by Crippen LogP contribution is 2.39. The minimum Gasteiger partial charge on any atom is -0.394 e. The monoisotopic (exact) mass is 262 g/mol. The van der Waals surface area contributed by atoms with Crippen LogP contribution in [-0.4, -0.2) is 49.3 Å². The molecule has 1 fully saturated rings. The summed E-state index contributed by atoms with van der Waals surface area (Å²) in [7, 11) is 4.12. The van der Waals surface area contributed by atoms with E-state index in [9.17, 15) is 5.11 Å². The van der Waals surface area contributed by atoms with Gasteiger partial charge in [0.15, 0.2) is 0 Å². The third-order valence-electron chi connectivity index (χ3n) is 4.32. The summed E-state index contributed by atoms with van der Waals surface area (Å²) in [4.78, 5) is 2.33. The van der Waals surface area contributed by atoms with Gasteiger partial charge in [-0.2, -0.15) is 0 Å². The zero-order valence-corrected chi connectivity index (χ0v) is 12.1. The van der Waals surface area contributed by atoms with Crippen LogP contribution >= 0.6 is 0 Å². The SMILES string of the molecule is CNC(CO)(CN(C)CCc1ccccc1)C1CC1. The Balaban J connectivity index is 1.84. The van der Waals surface area contributed by atoms with Gasteiger partial charge < -0.3 is 15.3 Å². The molecular formula is C16H26N2O. The summed E-state index contributed by atoms with van der Waals surface area (Å²) >= 11 is 0. The first kappa shape index (κ1) is 14.5.